The van der Waals surface area contributed by atoms with Crippen molar-refractivity contribution >= 4 is 0 Å². The molecule has 0 aliphatic rings. The maximum absolute atomic E-state index is 9.42. The van der Waals surface area contributed by atoms with Gasteiger partial charge in [-0.05, 0) is 13.3 Å². The van der Waals surface area contributed by atoms with E-state index in [4.69, 9.17) is 9.47 Å². The molecule has 0 amide bonds. The van der Waals surface area contributed by atoms with Crippen LogP contribution in [-0.2, 0) is 9.47 Å². The van der Waals surface area contributed by atoms with Gasteiger partial charge in [0.1, 0.15) is 0 Å². The van der Waals surface area contributed by atoms with Gasteiger partial charge in [0.2, 0.25) is 0 Å². The molecule has 1 N–H and O–H groups in total. The first kappa shape index (κ1) is 11.9. The number of hydrogen-bond acceptors (Lipinski definition) is 3. The van der Waals surface area contributed by atoms with Crippen molar-refractivity contribution in [3.05, 3.63) is 0 Å². The van der Waals surface area contributed by atoms with Gasteiger partial charge in [0.05, 0.1) is 6.10 Å². The van der Waals surface area contributed by atoms with Crippen molar-refractivity contribution < 1.29 is 14.6 Å². The Morgan fingerprint density at radius 2 is 1.75 bits per heavy atom. The van der Waals surface area contributed by atoms with Gasteiger partial charge in [0, 0.05) is 20.1 Å². The summed E-state index contributed by atoms with van der Waals surface area (Å²) < 4.78 is 10.2. The van der Waals surface area contributed by atoms with E-state index in [1.54, 1.807) is 21.1 Å². The molecule has 0 spiro atoms. The van der Waals surface area contributed by atoms with Gasteiger partial charge in [-0.3, -0.25) is 0 Å². The summed E-state index contributed by atoms with van der Waals surface area (Å²) in [5.74, 6) is 0.0741. The summed E-state index contributed by atoms with van der Waals surface area (Å²) in [6.07, 6.45) is 1.28. The fraction of sp³-hybridized carbons (Fsp3) is 1.00. The van der Waals surface area contributed by atoms with Crippen molar-refractivity contribution in [1.29, 1.82) is 0 Å². The molecule has 0 rings (SSSR count). The standard InChI is InChI=1S/C9H20O3/c1-5-6-8(7(2)10)9(11-3)12-4/h7-10H,5-6H2,1-4H3. The van der Waals surface area contributed by atoms with E-state index in [0.717, 1.165) is 12.8 Å². The minimum atomic E-state index is -0.380. The van der Waals surface area contributed by atoms with Crippen molar-refractivity contribution in [1.82, 2.24) is 0 Å². The second-order valence-electron chi connectivity index (χ2n) is 3.03. The van der Waals surface area contributed by atoms with E-state index in [2.05, 4.69) is 6.92 Å². The molecule has 0 aliphatic carbocycles. The number of ether oxygens (including phenoxy) is 2. The molecule has 0 saturated carbocycles. The highest BCUT2D eigenvalue weighted by Gasteiger charge is 2.24. The van der Waals surface area contributed by atoms with Gasteiger partial charge < -0.3 is 14.6 Å². The number of rotatable bonds is 6. The topological polar surface area (TPSA) is 38.7 Å². The lowest BCUT2D eigenvalue weighted by molar-refractivity contribution is -0.160. The van der Waals surface area contributed by atoms with Gasteiger partial charge in [0.25, 0.3) is 0 Å². The number of aliphatic hydroxyl groups excluding tert-OH is 1. The molecule has 3 nitrogen and oxygen atoms in total. The summed E-state index contributed by atoms with van der Waals surface area (Å²) in [5.41, 5.74) is 0. The number of aliphatic hydroxyl groups is 1. The maximum atomic E-state index is 9.42. The Kier molecular flexibility index (Phi) is 6.34. The van der Waals surface area contributed by atoms with Gasteiger partial charge >= 0.3 is 0 Å². The summed E-state index contributed by atoms with van der Waals surface area (Å²) in [6, 6.07) is 0. The molecule has 2 atom stereocenters. The molecule has 12 heavy (non-hydrogen) atoms. The SMILES string of the molecule is CCCC(C(C)O)C(OC)OC. The fourth-order valence-corrected chi connectivity index (χ4v) is 1.38. The van der Waals surface area contributed by atoms with Crippen LogP contribution in [0.1, 0.15) is 26.7 Å². The van der Waals surface area contributed by atoms with Crippen LogP contribution in [-0.4, -0.2) is 31.7 Å². The molecule has 0 heterocycles. The lowest BCUT2D eigenvalue weighted by Gasteiger charge is -2.26. The summed E-state index contributed by atoms with van der Waals surface area (Å²) in [5, 5.41) is 9.42. The minimum Gasteiger partial charge on any atom is -0.393 e. The number of methoxy groups -OCH3 is 2. The predicted molar refractivity (Wildman–Crippen MR) is 47.9 cm³/mol. The van der Waals surface area contributed by atoms with Gasteiger partial charge in [-0.15, -0.1) is 0 Å². The molecule has 74 valence electrons. The van der Waals surface area contributed by atoms with Crippen molar-refractivity contribution in [2.24, 2.45) is 5.92 Å². The first-order chi connectivity index (χ1) is 5.67. The van der Waals surface area contributed by atoms with E-state index >= 15 is 0 Å². The van der Waals surface area contributed by atoms with E-state index in [9.17, 15) is 5.11 Å². The summed E-state index contributed by atoms with van der Waals surface area (Å²) in [4.78, 5) is 0. The molecular weight excluding hydrogens is 156 g/mol. The van der Waals surface area contributed by atoms with E-state index in [1.165, 1.54) is 0 Å². The molecule has 0 aromatic carbocycles. The van der Waals surface area contributed by atoms with E-state index in [1.807, 2.05) is 0 Å². The summed E-state index contributed by atoms with van der Waals surface area (Å²) in [6.45, 7) is 3.85. The fourth-order valence-electron chi connectivity index (χ4n) is 1.38. The van der Waals surface area contributed by atoms with Crippen LogP contribution in [0.15, 0.2) is 0 Å². The van der Waals surface area contributed by atoms with Crippen molar-refractivity contribution in [3.8, 4) is 0 Å². The lowest BCUT2D eigenvalue weighted by atomic mass is 9.97. The molecule has 0 radical (unpaired) electrons. The van der Waals surface area contributed by atoms with E-state index in [-0.39, 0.29) is 18.3 Å². The van der Waals surface area contributed by atoms with Crippen LogP contribution < -0.4 is 0 Å². The monoisotopic (exact) mass is 176 g/mol. The molecule has 3 heteroatoms. The van der Waals surface area contributed by atoms with Gasteiger partial charge in [-0.2, -0.15) is 0 Å². The Balaban J connectivity index is 4.05. The first-order valence-corrected chi connectivity index (χ1v) is 4.41. The Hall–Kier alpha value is -0.120. The second-order valence-corrected chi connectivity index (χ2v) is 3.03. The molecule has 2 unspecified atom stereocenters. The highest BCUT2D eigenvalue weighted by molar-refractivity contribution is 4.67. The quantitative estimate of drug-likeness (QED) is 0.622. The van der Waals surface area contributed by atoms with Crippen LogP contribution in [0, 0.1) is 5.92 Å². The summed E-state index contributed by atoms with van der Waals surface area (Å²) >= 11 is 0. The van der Waals surface area contributed by atoms with Crippen LogP contribution in [0.4, 0.5) is 0 Å². The maximum Gasteiger partial charge on any atom is 0.162 e. The van der Waals surface area contributed by atoms with Crippen LogP contribution >= 0.6 is 0 Å². The van der Waals surface area contributed by atoms with Crippen LogP contribution in [0.5, 0.6) is 0 Å². The average molecular weight is 176 g/mol. The van der Waals surface area contributed by atoms with E-state index < -0.39 is 0 Å². The van der Waals surface area contributed by atoms with Gasteiger partial charge in [-0.25, -0.2) is 0 Å². The molecule has 0 aromatic heterocycles. The Labute approximate surface area is 74.7 Å². The molecule has 0 saturated heterocycles. The van der Waals surface area contributed by atoms with Crippen LogP contribution in [0.25, 0.3) is 0 Å². The molecule has 0 fully saturated rings. The van der Waals surface area contributed by atoms with Crippen LogP contribution in [0.2, 0.25) is 0 Å². The Morgan fingerprint density at radius 3 is 2.00 bits per heavy atom. The minimum absolute atomic E-state index is 0.0741. The smallest absolute Gasteiger partial charge is 0.162 e. The number of hydrogen-bond donors (Lipinski definition) is 1. The van der Waals surface area contributed by atoms with Crippen molar-refractivity contribution in [2.75, 3.05) is 14.2 Å². The second kappa shape index (κ2) is 6.40. The zero-order chi connectivity index (χ0) is 9.56. The molecule has 0 aromatic rings. The van der Waals surface area contributed by atoms with E-state index in [0.29, 0.717) is 0 Å². The third-order valence-corrected chi connectivity index (χ3v) is 2.06. The Bertz CT molecular complexity index is 99.9. The lowest BCUT2D eigenvalue weighted by Crippen LogP contribution is -2.32. The van der Waals surface area contributed by atoms with Gasteiger partial charge in [-0.1, -0.05) is 13.3 Å². The largest absolute Gasteiger partial charge is 0.393 e. The zero-order valence-electron chi connectivity index (χ0n) is 8.41. The molecule has 0 aliphatic heterocycles. The molecule has 0 bridgehead atoms. The highest BCUT2D eigenvalue weighted by atomic mass is 16.7. The normalized spacial score (nSPS) is 16.5. The highest BCUT2D eigenvalue weighted by Crippen LogP contribution is 2.18. The predicted octanol–water partition coefficient (Wildman–Crippen LogP) is 1.40. The van der Waals surface area contributed by atoms with Gasteiger partial charge in [0.15, 0.2) is 6.29 Å². The Morgan fingerprint density at radius 1 is 1.25 bits per heavy atom. The average Bonchev–Trinajstić information content (AvgIpc) is 2.05. The zero-order valence-corrected chi connectivity index (χ0v) is 8.41. The molecular formula is C9H20O3. The van der Waals surface area contributed by atoms with Crippen LogP contribution in [0.3, 0.4) is 0 Å². The summed E-state index contributed by atoms with van der Waals surface area (Å²) in [7, 11) is 3.19. The first-order valence-electron chi connectivity index (χ1n) is 4.41. The van der Waals surface area contributed by atoms with Crippen molar-refractivity contribution in [2.45, 2.75) is 39.1 Å². The third-order valence-electron chi connectivity index (χ3n) is 2.06. The third kappa shape index (κ3) is 3.52. The van der Waals surface area contributed by atoms with Crippen molar-refractivity contribution in [3.63, 3.8) is 0 Å².